The van der Waals surface area contributed by atoms with Gasteiger partial charge in [0.25, 0.3) is 0 Å². The first-order valence-electron chi connectivity index (χ1n) is 11.0. The maximum absolute atomic E-state index is 6.33. The van der Waals surface area contributed by atoms with Gasteiger partial charge in [0.1, 0.15) is 5.84 Å². The molecule has 1 aliphatic carbocycles. The van der Waals surface area contributed by atoms with E-state index in [-0.39, 0.29) is 5.60 Å². The third-order valence-electron chi connectivity index (χ3n) is 6.26. The van der Waals surface area contributed by atoms with Gasteiger partial charge in [0.2, 0.25) is 0 Å². The highest BCUT2D eigenvalue weighted by Crippen LogP contribution is 2.39. The molecule has 0 atom stereocenters. The van der Waals surface area contributed by atoms with Crippen molar-refractivity contribution in [3.63, 3.8) is 0 Å². The summed E-state index contributed by atoms with van der Waals surface area (Å²) in [5, 5.41) is 3.21. The van der Waals surface area contributed by atoms with Crippen molar-refractivity contribution >= 4 is 17.2 Å². The van der Waals surface area contributed by atoms with Crippen molar-refractivity contribution < 1.29 is 4.74 Å². The molecule has 5 heteroatoms. The van der Waals surface area contributed by atoms with Gasteiger partial charge in [-0.15, -0.1) is 0 Å². The summed E-state index contributed by atoms with van der Waals surface area (Å²) in [6.07, 6.45) is 7.69. The van der Waals surface area contributed by atoms with Crippen LogP contribution in [0.3, 0.4) is 0 Å². The molecule has 4 rings (SSSR count). The summed E-state index contributed by atoms with van der Waals surface area (Å²) in [4.78, 5) is 7.26. The number of amidine groups is 1. The number of nitrogens with two attached hydrogens (primary N) is 1. The number of hydrogen-bond acceptors (Lipinski definition) is 4. The number of aryl methyl sites for hydroxylation is 1. The van der Waals surface area contributed by atoms with Crippen LogP contribution in [0.4, 0.5) is 5.69 Å². The van der Waals surface area contributed by atoms with Crippen LogP contribution in [0.1, 0.15) is 51.2 Å². The predicted molar refractivity (Wildman–Crippen MR) is 125 cm³/mol. The monoisotopic (exact) mass is 406 g/mol. The Morgan fingerprint density at radius 3 is 2.67 bits per heavy atom. The van der Waals surface area contributed by atoms with E-state index in [0.717, 1.165) is 43.1 Å². The predicted octanol–water partition coefficient (Wildman–Crippen LogP) is 4.42. The van der Waals surface area contributed by atoms with E-state index >= 15 is 0 Å². The first-order valence-corrected chi connectivity index (χ1v) is 11.0. The minimum absolute atomic E-state index is 0.117. The molecule has 0 aromatic heterocycles. The molecular formula is C25H34N4O. The van der Waals surface area contributed by atoms with Gasteiger partial charge >= 0.3 is 0 Å². The molecule has 2 heterocycles. The molecule has 0 bridgehead atoms. The SMILES string of the molecule is CC1=C(C(N)=Nc2ccc(C(=C3CCC3)N3CCOC(C)(C)C3)c(C)c2)CNC=C1. The fourth-order valence-corrected chi connectivity index (χ4v) is 4.45. The maximum atomic E-state index is 6.33. The van der Waals surface area contributed by atoms with Crippen LogP contribution in [-0.4, -0.2) is 42.6 Å². The minimum atomic E-state index is -0.117. The average Bonchev–Trinajstić information content (AvgIpc) is 2.64. The number of morpholine rings is 1. The third kappa shape index (κ3) is 4.31. The maximum Gasteiger partial charge on any atom is 0.129 e. The number of benzene rings is 1. The Kier molecular flexibility index (Phi) is 5.74. The van der Waals surface area contributed by atoms with E-state index in [1.807, 2.05) is 12.3 Å². The van der Waals surface area contributed by atoms with Gasteiger partial charge < -0.3 is 20.7 Å². The van der Waals surface area contributed by atoms with Crippen LogP contribution in [0.15, 0.2) is 52.2 Å². The number of rotatable bonds is 4. The van der Waals surface area contributed by atoms with Gasteiger partial charge in [0.05, 0.1) is 17.9 Å². The van der Waals surface area contributed by atoms with E-state index in [1.54, 1.807) is 5.57 Å². The second kappa shape index (κ2) is 8.31. The van der Waals surface area contributed by atoms with Crippen molar-refractivity contribution in [2.45, 2.75) is 52.6 Å². The van der Waals surface area contributed by atoms with Crippen LogP contribution in [-0.2, 0) is 4.74 Å². The van der Waals surface area contributed by atoms with Crippen molar-refractivity contribution in [2.75, 3.05) is 26.2 Å². The minimum Gasteiger partial charge on any atom is -0.387 e. The van der Waals surface area contributed by atoms with Crippen LogP contribution in [0.25, 0.3) is 5.70 Å². The molecule has 30 heavy (non-hydrogen) atoms. The number of nitrogens with one attached hydrogen (secondary N) is 1. The summed E-state index contributed by atoms with van der Waals surface area (Å²) in [5.74, 6) is 0.587. The Bertz CT molecular complexity index is 946. The van der Waals surface area contributed by atoms with Gasteiger partial charge in [0.15, 0.2) is 0 Å². The quantitative estimate of drug-likeness (QED) is 0.574. The summed E-state index contributed by atoms with van der Waals surface area (Å²) < 4.78 is 5.96. The largest absolute Gasteiger partial charge is 0.387 e. The Labute approximate surface area is 180 Å². The zero-order valence-corrected chi connectivity index (χ0v) is 18.7. The first kappa shape index (κ1) is 20.7. The lowest BCUT2D eigenvalue weighted by Gasteiger charge is -2.42. The van der Waals surface area contributed by atoms with E-state index in [0.29, 0.717) is 5.84 Å². The molecule has 3 N–H and O–H groups in total. The van der Waals surface area contributed by atoms with Crippen LogP contribution < -0.4 is 11.1 Å². The Morgan fingerprint density at radius 1 is 1.23 bits per heavy atom. The average molecular weight is 407 g/mol. The van der Waals surface area contributed by atoms with E-state index in [1.165, 1.54) is 36.1 Å². The molecular weight excluding hydrogens is 372 g/mol. The van der Waals surface area contributed by atoms with Gasteiger partial charge in [-0.05, 0) is 88.1 Å². The van der Waals surface area contributed by atoms with Crippen molar-refractivity contribution in [1.29, 1.82) is 0 Å². The van der Waals surface area contributed by atoms with E-state index < -0.39 is 0 Å². The lowest BCUT2D eigenvalue weighted by atomic mass is 9.86. The molecule has 0 radical (unpaired) electrons. The highest BCUT2D eigenvalue weighted by atomic mass is 16.5. The van der Waals surface area contributed by atoms with Crippen molar-refractivity contribution in [3.05, 3.63) is 58.3 Å². The molecule has 1 aromatic carbocycles. The normalized spacial score (nSPS) is 21.4. The second-order valence-electron chi connectivity index (χ2n) is 9.21. The van der Waals surface area contributed by atoms with Crippen LogP contribution in [0, 0.1) is 6.92 Å². The lowest BCUT2D eigenvalue weighted by molar-refractivity contribution is -0.0706. The Hall–Kier alpha value is -2.53. The molecule has 0 spiro atoms. The Morgan fingerprint density at radius 2 is 2.03 bits per heavy atom. The van der Waals surface area contributed by atoms with Crippen LogP contribution in [0.2, 0.25) is 0 Å². The summed E-state index contributed by atoms with van der Waals surface area (Å²) in [6, 6.07) is 6.49. The zero-order valence-electron chi connectivity index (χ0n) is 18.7. The number of ether oxygens (including phenoxy) is 1. The molecule has 3 aliphatic rings. The van der Waals surface area contributed by atoms with E-state index in [9.17, 15) is 0 Å². The van der Waals surface area contributed by atoms with Gasteiger partial charge in [-0.3, -0.25) is 0 Å². The summed E-state index contributed by atoms with van der Waals surface area (Å²) in [7, 11) is 0. The first-order chi connectivity index (χ1) is 14.3. The zero-order chi connectivity index (χ0) is 21.3. The van der Waals surface area contributed by atoms with Gasteiger partial charge in [-0.2, -0.15) is 0 Å². The molecule has 1 saturated carbocycles. The highest BCUT2D eigenvalue weighted by Gasteiger charge is 2.31. The summed E-state index contributed by atoms with van der Waals surface area (Å²) in [6.45, 7) is 12.0. The molecule has 1 saturated heterocycles. The summed E-state index contributed by atoms with van der Waals surface area (Å²) in [5.41, 5.74) is 14.9. The van der Waals surface area contributed by atoms with Gasteiger partial charge in [-0.25, -0.2) is 4.99 Å². The topological polar surface area (TPSA) is 62.9 Å². The lowest BCUT2D eigenvalue weighted by Crippen LogP contribution is -2.47. The molecule has 0 unspecified atom stereocenters. The number of nitrogens with zero attached hydrogens (tertiary/aromatic N) is 2. The molecule has 0 amide bonds. The molecule has 160 valence electrons. The third-order valence-corrected chi connectivity index (χ3v) is 6.26. The smallest absolute Gasteiger partial charge is 0.129 e. The van der Waals surface area contributed by atoms with Crippen molar-refractivity contribution in [1.82, 2.24) is 10.2 Å². The van der Waals surface area contributed by atoms with Gasteiger partial charge in [0, 0.05) is 36.5 Å². The standard InChI is InChI=1S/C25H34N4O/c1-17-10-11-27-15-22(17)24(26)28-20-8-9-21(18(2)14-20)23(19-6-5-7-19)29-12-13-30-25(3,4)16-29/h8-11,14,27H,5-7,12-13,15-16H2,1-4H3,(H2,26,28). The fraction of sp³-hybridized carbons (Fsp3) is 0.480. The fourth-order valence-electron chi connectivity index (χ4n) is 4.45. The number of allylic oxidation sites excluding steroid dienone is 3. The molecule has 1 aromatic rings. The molecule has 2 aliphatic heterocycles. The number of hydrogen-bond donors (Lipinski definition) is 2. The van der Waals surface area contributed by atoms with Crippen LogP contribution in [0.5, 0.6) is 0 Å². The highest BCUT2D eigenvalue weighted by molar-refractivity contribution is 6.00. The van der Waals surface area contributed by atoms with Crippen LogP contribution >= 0.6 is 0 Å². The van der Waals surface area contributed by atoms with E-state index in [2.05, 4.69) is 56.1 Å². The van der Waals surface area contributed by atoms with Gasteiger partial charge in [-0.1, -0.05) is 6.07 Å². The number of aliphatic imine (C=N–C) groups is 1. The molecule has 5 nitrogen and oxygen atoms in total. The molecule has 2 fully saturated rings. The second-order valence-corrected chi connectivity index (χ2v) is 9.21. The van der Waals surface area contributed by atoms with Crippen molar-refractivity contribution in [2.24, 2.45) is 10.7 Å². The summed E-state index contributed by atoms with van der Waals surface area (Å²) >= 11 is 0. The number of dihydropyridines is 1. The van der Waals surface area contributed by atoms with E-state index in [4.69, 9.17) is 15.5 Å². The van der Waals surface area contributed by atoms with Crippen molar-refractivity contribution in [3.8, 4) is 0 Å². The Balaban J connectivity index is 1.65.